The van der Waals surface area contributed by atoms with Gasteiger partial charge in [0.25, 0.3) is 0 Å². The molecule has 0 spiro atoms. The molecule has 0 amide bonds. The molecule has 4 nitrogen and oxygen atoms in total. The summed E-state index contributed by atoms with van der Waals surface area (Å²) in [5, 5.41) is 18.4. The Morgan fingerprint density at radius 3 is 2.75 bits per heavy atom. The Kier molecular flexibility index (Phi) is 4.38. The standard InChI is InChI=1S/C15H12N2O2S/c1-10-6-11(7-16)2-3-13(10)9-20-14-5-4-12(8-17-14)15(18)19/h2-6,8H,9H2,1H3,(H,18,19). The number of aromatic carboxylic acids is 1. The lowest BCUT2D eigenvalue weighted by molar-refractivity contribution is 0.0696. The SMILES string of the molecule is Cc1cc(C#N)ccc1CSc1ccc(C(=O)O)cn1. The van der Waals surface area contributed by atoms with Gasteiger partial charge in [0, 0.05) is 11.9 Å². The first-order valence-corrected chi connectivity index (χ1v) is 6.90. The van der Waals surface area contributed by atoms with Gasteiger partial charge < -0.3 is 5.11 Å². The van der Waals surface area contributed by atoms with Gasteiger partial charge in [-0.15, -0.1) is 11.8 Å². The van der Waals surface area contributed by atoms with Gasteiger partial charge in [0.15, 0.2) is 0 Å². The topological polar surface area (TPSA) is 74.0 Å². The number of thioether (sulfide) groups is 1. The van der Waals surface area contributed by atoms with E-state index in [0.29, 0.717) is 5.56 Å². The van der Waals surface area contributed by atoms with Crippen molar-refractivity contribution in [3.05, 3.63) is 58.8 Å². The van der Waals surface area contributed by atoms with Crippen LogP contribution in [0.25, 0.3) is 0 Å². The number of rotatable bonds is 4. The molecule has 0 unspecified atom stereocenters. The molecule has 0 radical (unpaired) electrons. The Bertz CT molecular complexity index is 675. The van der Waals surface area contributed by atoms with Gasteiger partial charge >= 0.3 is 5.97 Å². The van der Waals surface area contributed by atoms with E-state index >= 15 is 0 Å². The number of carbonyl (C=O) groups is 1. The fraction of sp³-hybridized carbons (Fsp3) is 0.133. The van der Waals surface area contributed by atoms with Crippen LogP contribution in [0.4, 0.5) is 0 Å². The number of carboxylic acids is 1. The molecule has 0 aliphatic carbocycles. The fourth-order valence-corrected chi connectivity index (χ4v) is 2.59. The minimum absolute atomic E-state index is 0.184. The largest absolute Gasteiger partial charge is 0.478 e. The van der Waals surface area contributed by atoms with Gasteiger partial charge in [-0.3, -0.25) is 0 Å². The molecule has 1 N–H and O–H groups in total. The molecular weight excluding hydrogens is 272 g/mol. The lowest BCUT2D eigenvalue weighted by atomic mass is 10.1. The van der Waals surface area contributed by atoms with Crippen LogP contribution in [-0.4, -0.2) is 16.1 Å². The Balaban J connectivity index is 2.05. The molecule has 0 aliphatic rings. The predicted octanol–water partition coefficient (Wildman–Crippen LogP) is 3.25. The molecule has 100 valence electrons. The molecule has 0 atom stereocenters. The van der Waals surface area contributed by atoms with Gasteiger partial charge in [-0.05, 0) is 42.3 Å². The normalized spacial score (nSPS) is 10.0. The summed E-state index contributed by atoms with van der Waals surface area (Å²) < 4.78 is 0. The first kappa shape index (κ1) is 14.1. The Labute approximate surface area is 121 Å². The highest BCUT2D eigenvalue weighted by Crippen LogP contribution is 2.23. The van der Waals surface area contributed by atoms with Crippen LogP contribution in [0.1, 0.15) is 27.0 Å². The first-order valence-electron chi connectivity index (χ1n) is 5.92. The zero-order valence-corrected chi connectivity index (χ0v) is 11.6. The quantitative estimate of drug-likeness (QED) is 0.872. The maximum Gasteiger partial charge on any atom is 0.337 e. The van der Waals surface area contributed by atoms with Gasteiger partial charge in [0.1, 0.15) is 0 Å². The summed E-state index contributed by atoms with van der Waals surface area (Å²) in [6.45, 7) is 1.97. The van der Waals surface area contributed by atoms with Crippen LogP contribution in [0.15, 0.2) is 41.6 Å². The molecule has 0 bridgehead atoms. The maximum atomic E-state index is 10.7. The number of hydrogen-bond donors (Lipinski definition) is 1. The smallest absolute Gasteiger partial charge is 0.337 e. The van der Waals surface area contributed by atoms with Gasteiger partial charge in [-0.25, -0.2) is 9.78 Å². The van der Waals surface area contributed by atoms with E-state index in [0.717, 1.165) is 21.9 Å². The monoisotopic (exact) mass is 284 g/mol. The van der Waals surface area contributed by atoms with Crippen molar-refractivity contribution in [2.24, 2.45) is 0 Å². The third kappa shape index (κ3) is 3.37. The van der Waals surface area contributed by atoms with E-state index in [9.17, 15) is 4.79 Å². The number of aryl methyl sites for hydroxylation is 1. The number of aromatic nitrogens is 1. The highest BCUT2D eigenvalue weighted by atomic mass is 32.2. The number of hydrogen-bond acceptors (Lipinski definition) is 4. The van der Waals surface area contributed by atoms with Crippen LogP contribution in [0, 0.1) is 18.3 Å². The molecule has 0 fully saturated rings. The second kappa shape index (κ2) is 6.22. The maximum absolute atomic E-state index is 10.7. The van der Waals surface area contributed by atoms with Crippen molar-refractivity contribution in [1.82, 2.24) is 4.98 Å². The fourth-order valence-electron chi connectivity index (χ4n) is 1.67. The van der Waals surface area contributed by atoms with Crippen LogP contribution in [0.5, 0.6) is 0 Å². The van der Waals surface area contributed by atoms with Crippen LogP contribution in [-0.2, 0) is 5.75 Å². The van der Waals surface area contributed by atoms with Gasteiger partial charge in [0.2, 0.25) is 0 Å². The summed E-state index contributed by atoms with van der Waals surface area (Å²) in [6.07, 6.45) is 1.36. The van der Waals surface area contributed by atoms with Crippen molar-refractivity contribution in [2.45, 2.75) is 17.7 Å². The Morgan fingerprint density at radius 1 is 1.40 bits per heavy atom. The molecule has 0 aliphatic heterocycles. The summed E-state index contributed by atoms with van der Waals surface area (Å²) in [4.78, 5) is 14.8. The Morgan fingerprint density at radius 2 is 2.20 bits per heavy atom. The number of pyridine rings is 1. The molecule has 0 saturated heterocycles. The highest BCUT2D eigenvalue weighted by Gasteiger charge is 2.05. The lowest BCUT2D eigenvalue weighted by Crippen LogP contribution is -1.96. The molecule has 1 heterocycles. The average Bonchev–Trinajstić information content (AvgIpc) is 2.46. The van der Waals surface area contributed by atoms with E-state index in [1.54, 1.807) is 18.2 Å². The Hall–Kier alpha value is -2.32. The van der Waals surface area contributed by atoms with Gasteiger partial charge in [-0.1, -0.05) is 6.07 Å². The van der Waals surface area contributed by atoms with Crippen molar-refractivity contribution >= 4 is 17.7 Å². The van der Waals surface area contributed by atoms with Crippen molar-refractivity contribution < 1.29 is 9.90 Å². The van der Waals surface area contributed by atoms with Crippen molar-refractivity contribution in [3.8, 4) is 6.07 Å². The molecule has 0 saturated carbocycles. The molecule has 5 heteroatoms. The van der Waals surface area contributed by atoms with E-state index in [1.165, 1.54) is 18.0 Å². The second-order valence-corrected chi connectivity index (χ2v) is 5.23. The van der Waals surface area contributed by atoms with Crippen LogP contribution >= 0.6 is 11.8 Å². The third-order valence-corrected chi connectivity index (χ3v) is 3.82. The molecule has 2 aromatic rings. The summed E-state index contributed by atoms with van der Waals surface area (Å²) in [5.74, 6) is -0.242. The van der Waals surface area contributed by atoms with E-state index in [4.69, 9.17) is 10.4 Å². The van der Waals surface area contributed by atoms with Gasteiger partial charge in [0.05, 0.1) is 22.2 Å². The second-order valence-electron chi connectivity index (χ2n) is 4.23. The zero-order valence-electron chi connectivity index (χ0n) is 10.8. The summed E-state index contributed by atoms with van der Waals surface area (Å²) in [7, 11) is 0. The molecule has 1 aromatic carbocycles. The summed E-state index contributed by atoms with van der Waals surface area (Å²) in [6, 6.07) is 10.9. The first-order chi connectivity index (χ1) is 9.60. The minimum Gasteiger partial charge on any atom is -0.478 e. The van der Waals surface area contributed by atoms with Crippen molar-refractivity contribution in [3.63, 3.8) is 0 Å². The van der Waals surface area contributed by atoms with Gasteiger partial charge in [-0.2, -0.15) is 5.26 Å². The lowest BCUT2D eigenvalue weighted by Gasteiger charge is -2.05. The number of benzene rings is 1. The van der Waals surface area contributed by atoms with E-state index in [-0.39, 0.29) is 5.56 Å². The molecular formula is C15H12N2O2S. The van der Waals surface area contributed by atoms with E-state index < -0.39 is 5.97 Å². The average molecular weight is 284 g/mol. The van der Waals surface area contributed by atoms with E-state index in [2.05, 4.69) is 11.1 Å². The van der Waals surface area contributed by atoms with Crippen molar-refractivity contribution in [2.75, 3.05) is 0 Å². The molecule has 1 aromatic heterocycles. The highest BCUT2D eigenvalue weighted by molar-refractivity contribution is 7.98. The van der Waals surface area contributed by atoms with Crippen LogP contribution in [0.2, 0.25) is 0 Å². The van der Waals surface area contributed by atoms with Crippen molar-refractivity contribution in [1.29, 1.82) is 5.26 Å². The minimum atomic E-state index is -0.975. The van der Waals surface area contributed by atoms with Crippen LogP contribution in [0.3, 0.4) is 0 Å². The number of nitriles is 1. The summed E-state index contributed by atoms with van der Waals surface area (Å²) >= 11 is 1.53. The number of carboxylic acid groups (broad SMARTS) is 1. The molecule has 2 rings (SSSR count). The summed E-state index contributed by atoms with van der Waals surface area (Å²) in [5.41, 5.74) is 3.04. The zero-order chi connectivity index (χ0) is 14.5. The van der Waals surface area contributed by atoms with E-state index in [1.807, 2.05) is 19.1 Å². The predicted molar refractivity (Wildman–Crippen MR) is 76.7 cm³/mol. The number of nitrogens with zero attached hydrogens (tertiary/aromatic N) is 2. The third-order valence-electron chi connectivity index (χ3n) is 2.83. The van der Waals surface area contributed by atoms with Crippen LogP contribution < -0.4 is 0 Å². The molecule has 20 heavy (non-hydrogen) atoms.